The molecule has 0 fully saturated rings. The summed E-state index contributed by atoms with van der Waals surface area (Å²) in [4.78, 5) is 17.6. The van der Waals surface area contributed by atoms with Crippen LogP contribution in [0, 0.1) is 0 Å². The van der Waals surface area contributed by atoms with Crippen LogP contribution in [-0.2, 0) is 4.79 Å². The Bertz CT molecular complexity index is 285. The van der Waals surface area contributed by atoms with Gasteiger partial charge in [0.15, 0.2) is 5.78 Å². The van der Waals surface area contributed by atoms with E-state index in [9.17, 15) is 4.79 Å². The molecular formula is C8H8N2O. The van der Waals surface area contributed by atoms with Gasteiger partial charge in [-0.3, -0.25) is 4.79 Å². The van der Waals surface area contributed by atoms with Crippen LogP contribution in [0.4, 0.5) is 0 Å². The first-order chi connectivity index (χ1) is 5.25. The van der Waals surface area contributed by atoms with E-state index in [0.717, 1.165) is 0 Å². The van der Waals surface area contributed by atoms with Gasteiger partial charge >= 0.3 is 0 Å². The normalized spacial score (nSPS) is 9.09. The van der Waals surface area contributed by atoms with E-state index in [2.05, 4.69) is 23.1 Å². The molecule has 11 heavy (non-hydrogen) atoms. The average Bonchev–Trinajstić information content (AvgIpc) is 2.53. The lowest BCUT2D eigenvalue weighted by Gasteiger charge is -1.93. The number of hydrogen-bond acceptors (Lipinski definition) is 2. The Morgan fingerprint density at radius 1 is 1.73 bits per heavy atom. The molecule has 0 saturated heterocycles. The molecule has 0 amide bonds. The highest BCUT2D eigenvalue weighted by atomic mass is 16.1. The molecule has 0 aliphatic rings. The maximum atomic E-state index is 10.9. The quantitative estimate of drug-likeness (QED) is 0.654. The molecule has 1 aromatic rings. The van der Waals surface area contributed by atoms with E-state index in [4.69, 9.17) is 0 Å². The number of hydrogen-bond donors (Lipinski definition) is 1. The van der Waals surface area contributed by atoms with Gasteiger partial charge in [0.05, 0.1) is 5.57 Å². The van der Waals surface area contributed by atoms with Crippen molar-refractivity contribution in [3.63, 3.8) is 0 Å². The predicted molar refractivity (Wildman–Crippen MR) is 42.8 cm³/mol. The Kier molecular flexibility index (Phi) is 2.01. The summed E-state index contributed by atoms with van der Waals surface area (Å²) in [6.07, 6.45) is 4.42. The van der Waals surface area contributed by atoms with Crippen molar-refractivity contribution in [1.82, 2.24) is 9.97 Å². The summed E-state index contributed by atoms with van der Waals surface area (Å²) in [5.74, 6) is 0.287. The molecule has 0 radical (unpaired) electrons. The van der Waals surface area contributed by atoms with E-state index in [1.165, 1.54) is 6.08 Å². The standard InChI is InChI=1S/C8H8N2O/c1-3-7(11)6(2)8-9-4-5-10-8/h3-5H,1-2H2,(H,9,10). The monoisotopic (exact) mass is 148 g/mol. The van der Waals surface area contributed by atoms with Gasteiger partial charge in [-0.2, -0.15) is 0 Å². The van der Waals surface area contributed by atoms with E-state index in [1.54, 1.807) is 12.4 Å². The lowest BCUT2D eigenvalue weighted by Crippen LogP contribution is -1.97. The number of aromatic amines is 1. The zero-order chi connectivity index (χ0) is 8.27. The van der Waals surface area contributed by atoms with Gasteiger partial charge in [0, 0.05) is 12.4 Å². The average molecular weight is 148 g/mol. The van der Waals surface area contributed by atoms with Gasteiger partial charge in [-0.05, 0) is 6.08 Å². The molecule has 0 aliphatic carbocycles. The smallest absolute Gasteiger partial charge is 0.188 e. The van der Waals surface area contributed by atoms with Crippen LogP contribution < -0.4 is 0 Å². The molecule has 0 bridgehead atoms. The molecule has 0 atom stereocenters. The lowest BCUT2D eigenvalue weighted by molar-refractivity contribution is -0.109. The molecular weight excluding hydrogens is 140 g/mol. The van der Waals surface area contributed by atoms with Crippen LogP contribution in [-0.4, -0.2) is 15.8 Å². The molecule has 3 heteroatoms. The van der Waals surface area contributed by atoms with E-state index in [0.29, 0.717) is 11.4 Å². The molecule has 0 saturated carbocycles. The topological polar surface area (TPSA) is 45.8 Å². The van der Waals surface area contributed by atoms with Crippen molar-refractivity contribution in [2.24, 2.45) is 0 Å². The van der Waals surface area contributed by atoms with Gasteiger partial charge in [0.2, 0.25) is 0 Å². The third-order valence-electron chi connectivity index (χ3n) is 1.27. The number of carbonyl (C=O) groups is 1. The van der Waals surface area contributed by atoms with Gasteiger partial charge in [-0.15, -0.1) is 0 Å². The van der Waals surface area contributed by atoms with Crippen molar-refractivity contribution in [3.8, 4) is 0 Å². The van der Waals surface area contributed by atoms with Gasteiger partial charge in [-0.25, -0.2) is 4.98 Å². The van der Waals surface area contributed by atoms with Gasteiger partial charge in [-0.1, -0.05) is 13.2 Å². The van der Waals surface area contributed by atoms with Crippen molar-refractivity contribution in [2.45, 2.75) is 0 Å². The molecule has 0 aliphatic heterocycles. The number of H-pyrrole nitrogens is 1. The molecule has 3 nitrogen and oxygen atoms in total. The highest BCUT2D eigenvalue weighted by Crippen LogP contribution is 2.06. The molecule has 1 heterocycles. The van der Waals surface area contributed by atoms with Crippen molar-refractivity contribution >= 4 is 11.4 Å². The predicted octanol–water partition coefficient (Wildman–Crippen LogP) is 1.18. The fourth-order valence-electron chi connectivity index (χ4n) is 0.670. The van der Waals surface area contributed by atoms with E-state index in [-0.39, 0.29) is 5.78 Å². The number of aromatic nitrogens is 2. The Labute approximate surface area is 64.5 Å². The first kappa shape index (κ1) is 7.47. The second-order valence-electron chi connectivity index (χ2n) is 1.98. The summed E-state index contributed by atoms with van der Waals surface area (Å²) in [5.41, 5.74) is 0.338. The van der Waals surface area contributed by atoms with E-state index in [1.807, 2.05) is 0 Å². The van der Waals surface area contributed by atoms with Crippen LogP contribution in [0.15, 0.2) is 31.6 Å². The minimum absolute atomic E-state index is 0.208. The molecule has 1 N–H and O–H groups in total. The van der Waals surface area contributed by atoms with Crippen molar-refractivity contribution < 1.29 is 4.79 Å². The maximum absolute atomic E-state index is 10.9. The van der Waals surface area contributed by atoms with Crippen LogP contribution in [0.3, 0.4) is 0 Å². The molecule has 1 rings (SSSR count). The summed E-state index contributed by atoms with van der Waals surface area (Å²) < 4.78 is 0. The Morgan fingerprint density at radius 2 is 2.45 bits per heavy atom. The van der Waals surface area contributed by atoms with Crippen LogP contribution in [0.2, 0.25) is 0 Å². The summed E-state index contributed by atoms with van der Waals surface area (Å²) in [6.45, 7) is 6.89. The van der Waals surface area contributed by atoms with E-state index < -0.39 is 0 Å². The zero-order valence-electron chi connectivity index (χ0n) is 6.00. The largest absolute Gasteiger partial charge is 0.345 e. The van der Waals surface area contributed by atoms with Crippen LogP contribution in [0.1, 0.15) is 5.82 Å². The van der Waals surface area contributed by atoms with Gasteiger partial charge in [0.1, 0.15) is 5.82 Å². The highest BCUT2D eigenvalue weighted by Gasteiger charge is 2.06. The minimum atomic E-state index is -0.208. The summed E-state index contributed by atoms with van der Waals surface area (Å²) in [6, 6.07) is 0. The number of nitrogens with one attached hydrogen (secondary N) is 1. The summed E-state index contributed by atoms with van der Waals surface area (Å²) in [7, 11) is 0. The second kappa shape index (κ2) is 2.96. The third kappa shape index (κ3) is 1.43. The number of carbonyl (C=O) groups excluding carboxylic acids is 1. The molecule has 0 unspecified atom stereocenters. The molecule has 56 valence electrons. The lowest BCUT2D eigenvalue weighted by atomic mass is 10.2. The van der Waals surface area contributed by atoms with E-state index >= 15 is 0 Å². The number of nitrogens with zero attached hydrogens (tertiary/aromatic N) is 1. The van der Waals surface area contributed by atoms with Crippen LogP contribution in [0.25, 0.3) is 5.57 Å². The minimum Gasteiger partial charge on any atom is -0.345 e. The van der Waals surface area contributed by atoms with Crippen molar-refractivity contribution in [1.29, 1.82) is 0 Å². The Hall–Kier alpha value is -1.64. The Balaban J connectivity index is 2.87. The van der Waals surface area contributed by atoms with Gasteiger partial charge < -0.3 is 4.98 Å². The number of rotatable bonds is 3. The third-order valence-corrected chi connectivity index (χ3v) is 1.27. The second-order valence-corrected chi connectivity index (χ2v) is 1.98. The number of ketones is 1. The van der Waals surface area contributed by atoms with Crippen LogP contribution in [0.5, 0.6) is 0 Å². The van der Waals surface area contributed by atoms with Crippen LogP contribution >= 0.6 is 0 Å². The van der Waals surface area contributed by atoms with Gasteiger partial charge in [0.25, 0.3) is 0 Å². The van der Waals surface area contributed by atoms with Crippen molar-refractivity contribution in [2.75, 3.05) is 0 Å². The first-order valence-electron chi connectivity index (χ1n) is 3.11. The molecule has 0 spiro atoms. The summed E-state index contributed by atoms with van der Waals surface area (Å²) >= 11 is 0. The zero-order valence-corrected chi connectivity index (χ0v) is 6.00. The summed E-state index contributed by atoms with van der Waals surface area (Å²) in [5, 5.41) is 0. The maximum Gasteiger partial charge on any atom is 0.188 e. The molecule has 1 aromatic heterocycles. The molecule has 0 aromatic carbocycles. The highest BCUT2D eigenvalue weighted by molar-refractivity contribution is 6.24. The Morgan fingerprint density at radius 3 is 2.91 bits per heavy atom. The first-order valence-corrected chi connectivity index (χ1v) is 3.11. The number of allylic oxidation sites excluding steroid dienone is 2. The number of imidazole rings is 1. The fourth-order valence-corrected chi connectivity index (χ4v) is 0.670. The SMILES string of the molecule is C=CC(=O)C(=C)c1ncc[nH]1. The van der Waals surface area contributed by atoms with Crippen molar-refractivity contribution in [3.05, 3.63) is 37.5 Å². The fraction of sp³-hybridized carbons (Fsp3) is 0.